The molecule has 1 saturated heterocycles. The minimum atomic E-state index is -0.451. The van der Waals surface area contributed by atoms with Crippen LogP contribution in [0.4, 0.5) is 0 Å². The third kappa shape index (κ3) is 1.58. The fourth-order valence-electron chi connectivity index (χ4n) is 3.85. The van der Waals surface area contributed by atoms with Gasteiger partial charge in [0, 0.05) is 12.4 Å². The second-order valence-electron chi connectivity index (χ2n) is 5.84. The number of benzene rings is 1. The first-order valence-corrected chi connectivity index (χ1v) is 7.31. The Labute approximate surface area is 118 Å². The molecule has 4 heteroatoms. The average Bonchev–Trinajstić information content (AvgIpc) is 2.93. The molecule has 2 aromatic rings. The summed E-state index contributed by atoms with van der Waals surface area (Å²) < 4.78 is 2.13. The van der Waals surface area contributed by atoms with E-state index in [2.05, 4.69) is 33.1 Å². The van der Waals surface area contributed by atoms with Crippen LogP contribution >= 0.6 is 0 Å². The molecule has 1 fully saturated rings. The van der Waals surface area contributed by atoms with Crippen LogP contribution in [-0.4, -0.2) is 27.7 Å². The highest BCUT2D eigenvalue weighted by Crippen LogP contribution is 2.44. The molecule has 1 aromatic heterocycles. The zero-order valence-electron chi connectivity index (χ0n) is 11.4. The van der Waals surface area contributed by atoms with E-state index in [-0.39, 0.29) is 5.41 Å². The van der Waals surface area contributed by atoms with E-state index in [1.807, 2.05) is 18.5 Å². The summed E-state index contributed by atoms with van der Waals surface area (Å²) in [5.41, 5.74) is 2.28. The van der Waals surface area contributed by atoms with Gasteiger partial charge in [-0.2, -0.15) is 0 Å². The van der Waals surface area contributed by atoms with Crippen molar-refractivity contribution >= 4 is 0 Å². The van der Waals surface area contributed by atoms with Gasteiger partial charge in [0.1, 0.15) is 5.82 Å². The van der Waals surface area contributed by atoms with Gasteiger partial charge in [0.25, 0.3) is 0 Å². The molecule has 0 saturated carbocycles. The molecule has 2 aliphatic heterocycles. The SMILES string of the molecule is OC1Cn2ccnc2C2(CCNCC2)c2ccccc21. The largest absolute Gasteiger partial charge is 0.387 e. The van der Waals surface area contributed by atoms with Crippen molar-refractivity contribution in [3.8, 4) is 0 Å². The van der Waals surface area contributed by atoms with Crippen LogP contribution in [-0.2, 0) is 12.0 Å². The van der Waals surface area contributed by atoms with Gasteiger partial charge in [0.2, 0.25) is 0 Å². The summed E-state index contributed by atoms with van der Waals surface area (Å²) in [6, 6.07) is 8.34. The van der Waals surface area contributed by atoms with Gasteiger partial charge in [-0.15, -0.1) is 0 Å². The molecular formula is C16H19N3O. The number of piperidine rings is 1. The average molecular weight is 269 g/mol. The summed E-state index contributed by atoms with van der Waals surface area (Å²) in [6.07, 6.45) is 5.48. The Bertz CT molecular complexity index is 628. The van der Waals surface area contributed by atoms with Crippen LogP contribution in [0.1, 0.15) is 35.9 Å². The van der Waals surface area contributed by atoms with Crippen molar-refractivity contribution in [2.45, 2.75) is 30.9 Å². The Morgan fingerprint density at radius 1 is 1.25 bits per heavy atom. The van der Waals surface area contributed by atoms with Gasteiger partial charge in [-0.05, 0) is 37.1 Å². The molecule has 1 spiro atoms. The fourth-order valence-corrected chi connectivity index (χ4v) is 3.85. The van der Waals surface area contributed by atoms with E-state index in [9.17, 15) is 5.11 Å². The standard InChI is InChI=1S/C16H19N3O/c20-14-11-19-10-9-18-15(19)16(5-7-17-8-6-16)13-4-2-1-3-12(13)14/h1-4,9-10,14,17,20H,5-8,11H2. The zero-order chi connectivity index (χ0) is 13.6. The predicted octanol–water partition coefficient (Wildman–Crippen LogP) is 1.60. The molecule has 3 heterocycles. The summed E-state index contributed by atoms with van der Waals surface area (Å²) in [5, 5.41) is 14.0. The Morgan fingerprint density at radius 2 is 2.05 bits per heavy atom. The van der Waals surface area contributed by atoms with Gasteiger partial charge in [-0.1, -0.05) is 24.3 Å². The molecule has 0 amide bonds. The molecular weight excluding hydrogens is 250 g/mol. The van der Waals surface area contributed by atoms with E-state index in [0.717, 1.165) is 37.3 Å². The number of hydrogen-bond donors (Lipinski definition) is 2. The molecule has 2 aliphatic rings. The van der Waals surface area contributed by atoms with Crippen LogP contribution < -0.4 is 5.32 Å². The summed E-state index contributed by atoms with van der Waals surface area (Å²) >= 11 is 0. The maximum Gasteiger partial charge on any atom is 0.119 e. The first kappa shape index (κ1) is 12.1. The number of aromatic nitrogens is 2. The van der Waals surface area contributed by atoms with E-state index >= 15 is 0 Å². The number of nitrogens with one attached hydrogen (secondary N) is 1. The molecule has 0 bridgehead atoms. The summed E-state index contributed by atoms with van der Waals surface area (Å²) in [6.45, 7) is 2.59. The summed E-state index contributed by atoms with van der Waals surface area (Å²) in [5.74, 6) is 1.11. The Morgan fingerprint density at radius 3 is 2.90 bits per heavy atom. The second kappa shape index (κ2) is 4.43. The van der Waals surface area contributed by atoms with Crippen molar-refractivity contribution in [2.75, 3.05) is 13.1 Å². The van der Waals surface area contributed by atoms with E-state index in [0.29, 0.717) is 6.54 Å². The van der Waals surface area contributed by atoms with Crippen molar-refractivity contribution in [3.05, 3.63) is 53.6 Å². The van der Waals surface area contributed by atoms with Gasteiger partial charge >= 0.3 is 0 Å². The van der Waals surface area contributed by atoms with E-state index in [1.54, 1.807) is 0 Å². The fraction of sp³-hybridized carbons (Fsp3) is 0.438. The van der Waals surface area contributed by atoms with Gasteiger partial charge in [0.15, 0.2) is 0 Å². The van der Waals surface area contributed by atoms with Gasteiger partial charge in [0.05, 0.1) is 18.1 Å². The normalized spacial score (nSPS) is 23.9. The maximum atomic E-state index is 10.6. The highest BCUT2D eigenvalue weighted by atomic mass is 16.3. The number of rotatable bonds is 0. The minimum absolute atomic E-state index is 0.0528. The number of imidazole rings is 1. The molecule has 104 valence electrons. The number of fused-ring (bicyclic) bond motifs is 4. The monoisotopic (exact) mass is 269 g/mol. The molecule has 4 nitrogen and oxygen atoms in total. The maximum absolute atomic E-state index is 10.6. The number of hydrogen-bond acceptors (Lipinski definition) is 3. The first-order chi connectivity index (χ1) is 9.81. The lowest BCUT2D eigenvalue weighted by Gasteiger charge is -2.37. The topological polar surface area (TPSA) is 50.1 Å². The lowest BCUT2D eigenvalue weighted by atomic mass is 9.71. The number of aliphatic hydroxyl groups is 1. The van der Waals surface area contributed by atoms with Crippen LogP contribution in [0.5, 0.6) is 0 Å². The lowest BCUT2D eigenvalue weighted by Crippen LogP contribution is -2.42. The molecule has 0 aliphatic carbocycles. The third-order valence-electron chi connectivity index (χ3n) is 4.81. The number of nitrogens with zero attached hydrogens (tertiary/aromatic N) is 2. The van der Waals surface area contributed by atoms with Crippen molar-refractivity contribution < 1.29 is 5.11 Å². The Kier molecular flexibility index (Phi) is 2.69. The Balaban J connectivity index is 2.00. The van der Waals surface area contributed by atoms with Crippen molar-refractivity contribution in [1.82, 2.24) is 14.9 Å². The van der Waals surface area contributed by atoms with Crippen LogP contribution in [0.15, 0.2) is 36.7 Å². The van der Waals surface area contributed by atoms with Gasteiger partial charge < -0.3 is 15.0 Å². The van der Waals surface area contributed by atoms with E-state index in [4.69, 9.17) is 0 Å². The summed E-state index contributed by atoms with van der Waals surface area (Å²) in [4.78, 5) is 4.65. The van der Waals surface area contributed by atoms with Crippen molar-refractivity contribution in [1.29, 1.82) is 0 Å². The molecule has 1 unspecified atom stereocenters. The highest BCUT2D eigenvalue weighted by Gasteiger charge is 2.43. The molecule has 1 atom stereocenters. The second-order valence-corrected chi connectivity index (χ2v) is 5.84. The van der Waals surface area contributed by atoms with Gasteiger partial charge in [-0.3, -0.25) is 0 Å². The molecule has 4 rings (SSSR count). The van der Waals surface area contributed by atoms with Crippen molar-refractivity contribution in [3.63, 3.8) is 0 Å². The van der Waals surface area contributed by atoms with Crippen LogP contribution in [0.2, 0.25) is 0 Å². The van der Waals surface area contributed by atoms with Crippen LogP contribution in [0.25, 0.3) is 0 Å². The molecule has 1 aromatic carbocycles. The highest BCUT2D eigenvalue weighted by molar-refractivity contribution is 5.43. The van der Waals surface area contributed by atoms with E-state index < -0.39 is 6.10 Å². The molecule has 0 radical (unpaired) electrons. The number of aliphatic hydroxyl groups excluding tert-OH is 1. The quantitative estimate of drug-likeness (QED) is 0.764. The molecule has 2 N–H and O–H groups in total. The van der Waals surface area contributed by atoms with Gasteiger partial charge in [-0.25, -0.2) is 4.98 Å². The summed E-state index contributed by atoms with van der Waals surface area (Å²) in [7, 11) is 0. The van der Waals surface area contributed by atoms with E-state index in [1.165, 1.54) is 5.56 Å². The Hall–Kier alpha value is -1.65. The minimum Gasteiger partial charge on any atom is -0.387 e. The zero-order valence-corrected chi connectivity index (χ0v) is 11.4. The lowest BCUT2D eigenvalue weighted by molar-refractivity contribution is 0.157. The van der Waals surface area contributed by atoms with Crippen LogP contribution in [0.3, 0.4) is 0 Å². The van der Waals surface area contributed by atoms with Crippen LogP contribution in [0, 0.1) is 0 Å². The van der Waals surface area contributed by atoms with Crippen molar-refractivity contribution in [2.24, 2.45) is 0 Å². The first-order valence-electron chi connectivity index (χ1n) is 7.31. The predicted molar refractivity (Wildman–Crippen MR) is 76.5 cm³/mol. The smallest absolute Gasteiger partial charge is 0.119 e. The molecule has 20 heavy (non-hydrogen) atoms. The third-order valence-corrected chi connectivity index (χ3v) is 4.81.